The fourth-order valence-electron chi connectivity index (χ4n) is 3.25. The first-order valence-electron chi connectivity index (χ1n) is 10.2. The SMILES string of the molecule is CC(C)Cc1ccc(C(C)C(=O)Nc2ccc(/C=C/c3ccccc3)cc2)cc1. The fourth-order valence-corrected chi connectivity index (χ4v) is 3.25. The second kappa shape index (κ2) is 9.88. The molecule has 0 aliphatic carbocycles. The topological polar surface area (TPSA) is 29.1 Å². The van der Waals surface area contributed by atoms with Crippen LogP contribution in [0.4, 0.5) is 5.69 Å². The van der Waals surface area contributed by atoms with Gasteiger partial charge in [0.15, 0.2) is 0 Å². The number of hydrogen-bond acceptors (Lipinski definition) is 1. The number of hydrogen-bond donors (Lipinski definition) is 1. The average molecular weight is 384 g/mol. The lowest BCUT2D eigenvalue weighted by molar-refractivity contribution is -0.117. The monoisotopic (exact) mass is 383 g/mol. The van der Waals surface area contributed by atoms with Crippen LogP contribution in [0.2, 0.25) is 0 Å². The third kappa shape index (κ3) is 6.18. The minimum Gasteiger partial charge on any atom is -0.326 e. The summed E-state index contributed by atoms with van der Waals surface area (Å²) in [6, 6.07) is 26.5. The lowest BCUT2D eigenvalue weighted by atomic mass is 9.96. The second-order valence-corrected chi connectivity index (χ2v) is 7.92. The van der Waals surface area contributed by atoms with E-state index in [9.17, 15) is 4.79 Å². The second-order valence-electron chi connectivity index (χ2n) is 7.92. The van der Waals surface area contributed by atoms with Crippen LogP contribution in [0.5, 0.6) is 0 Å². The lowest BCUT2D eigenvalue weighted by Gasteiger charge is -2.14. The predicted molar refractivity (Wildman–Crippen MR) is 124 cm³/mol. The van der Waals surface area contributed by atoms with E-state index < -0.39 is 0 Å². The van der Waals surface area contributed by atoms with Crippen LogP contribution in [-0.4, -0.2) is 5.91 Å². The Labute approximate surface area is 174 Å². The highest BCUT2D eigenvalue weighted by Crippen LogP contribution is 2.20. The molecule has 0 aliphatic heterocycles. The van der Waals surface area contributed by atoms with Gasteiger partial charge >= 0.3 is 0 Å². The Hall–Kier alpha value is -3.13. The van der Waals surface area contributed by atoms with Crippen LogP contribution in [0, 0.1) is 5.92 Å². The lowest BCUT2D eigenvalue weighted by Crippen LogP contribution is -2.18. The van der Waals surface area contributed by atoms with Crippen molar-refractivity contribution in [2.24, 2.45) is 5.92 Å². The van der Waals surface area contributed by atoms with Crippen molar-refractivity contribution in [2.75, 3.05) is 5.32 Å². The summed E-state index contributed by atoms with van der Waals surface area (Å²) in [5.74, 6) is 0.446. The van der Waals surface area contributed by atoms with E-state index >= 15 is 0 Å². The van der Waals surface area contributed by atoms with Crippen molar-refractivity contribution >= 4 is 23.7 Å². The number of benzene rings is 3. The van der Waals surface area contributed by atoms with E-state index in [1.54, 1.807) is 0 Å². The molecule has 3 aromatic carbocycles. The van der Waals surface area contributed by atoms with Crippen molar-refractivity contribution < 1.29 is 4.79 Å². The van der Waals surface area contributed by atoms with Gasteiger partial charge in [-0.1, -0.05) is 92.7 Å². The van der Waals surface area contributed by atoms with E-state index in [2.05, 4.69) is 67.7 Å². The van der Waals surface area contributed by atoms with Crippen LogP contribution in [0.1, 0.15) is 48.9 Å². The molecule has 2 heteroatoms. The van der Waals surface area contributed by atoms with Crippen LogP contribution in [-0.2, 0) is 11.2 Å². The van der Waals surface area contributed by atoms with Gasteiger partial charge in [-0.25, -0.2) is 0 Å². The molecule has 1 N–H and O–H groups in total. The van der Waals surface area contributed by atoms with Gasteiger partial charge in [-0.3, -0.25) is 4.79 Å². The number of amides is 1. The highest BCUT2D eigenvalue weighted by Gasteiger charge is 2.15. The van der Waals surface area contributed by atoms with Gasteiger partial charge < -0.3 is 5.32 Å². The van der Waals surface area contributed by atoms with E-state index in [1.807, 2.05) is 49.4 Å². The third-order valence-corrected chi connectivity index (χ3v) is 4.96. The molecule has 148 valence electrons. The molecule has 29 heavy (non-hydrogen) atoms. The van der Waals surface area contributed by atoms with Crippen molar-refractivity contribution in [1.82, 2.24) is 0 Å². The minimum absolute atomic E-state index is 0.00851. The normalized spacial score (nSPS) is 12.3. The van der Waals surface area contributed by atoms with Crippen molar-refractivity contribution in [3.8, 4) is 0 Å². The van der Waals surface area contributed by atoms with E-state index in [-0.39, 0.29) is 11.8 Å². The van der Waals surface area contributed by atoms with Crippen molar-refractivity contribution in [2.45, 2.75) is 33.1 Å². The molecule has 1 atom stereocenters. The molecule has 3 rings (SSSR count). The maximum atomic E-state index is 12.6. The Morgan fingerprint density at radius 2 is 1.38 bits per heavy atom. The molecule has 0 fully saturated rings. The molecule has 2 nitrogen and oxygen atoms in total. The van der Waals surface area contributed by atoms with Gasteiger partial charge in [0.1, 0.15) is 0 Å². The maximum Gasteiger partial charge on any atom is 0.231 e. The molecule has 0 aromatic heterocycles. The maximum absolute atomic E-state index is 12.6. The van der Waals surface area contributed by atoms with Crippen LogP contribution in [0.25, 0.3) is 12.2 Å². The van der Waals surface area contributed by atoms with E-state index in [4.69, 9.17) is 0 Å². The van der Waals surface area contributed by atoms with Crippen LogP contribution >= 0.6 is 0 Å². The molecule has 0 saturated heterocycles. The van der Waals surface area contributed by atoms with Crippen molar-refractivity contribution in [3.05, 3.63) is 101 Å². The van der Waals surface area contributed by atoms with Gasteiger partial charge in [-0.2, -0.15) is 0 Å². The van der Waals surface area contributed by atoms with Gasteiger partial charge in [0.2, 0.25) is 5.91 Å². The molecule has 1 amide bonds. The third-order valence-electron chi connectivity index (χ3n) is 4.96. The summed E-state index contributed by atoms with van der Waals surface area (Å²) in [6.07, 6.45) is 5.22. The molecule has 1 unspecified atom stereocenters. The summed E-state index contributed by atoms with van der Waals surface area (Å²) in [4.78, 5) is 12.6. The summed E-state index contributed by atoms with van der Waals surface area (Å²) in [6.45, 7) is 6.38. The first-order chi connectivity index (χ1) is 14.0. The fraction of sp³-hybridized carbons (Fsp3) is 0.222. The average Bonchev–Trinajstić information content (AvgIpc) is 2.73. The van der Waals surface area contributed by atoms with Gasteiger partial charge in [0, 0.05) is 5.69 Å². The van der Waals surface area contributed by atoms with Gasteiger partial charge in [0.25, 0.3) is 0 Å². The van der Waals surface area contributed by atoms with Crippen molar-refractivity contribution in [1.29, 1.82) is 0 Å². The minimum atomic E-state index is -0.194. The smallest absolute Gasteiger partial charge is 0.231 e. The molecule has 3 aromatic rings. The van der Waals surface area contributed by atoms with Crippen LogP contribution in [0.15, 0.2) is 78.9 Å². The Kier molecular flexibility index (Phi) is 7.02. The van der Waals surface area contributed by atoms with Crippen LogP contribution in [0.3, 0.4) is 0 Å². The molecule has 0 heterocycles. The molecule has 0 spiro atoms. The number of rotatable bonds is 7. The van der Waals surface area contributed by atoms with Crippen LogP contribution < -0.4 is 5.32 Å². The van der Waals surface area contributed by atoms with Crippen molar-refractivity contribution in [3.63, 3.8) is 0 Å². The zero-order valence-corrected chi connectivity index (χ0v) is 17.4. The van der Waals surface area contributed by atoms with Gasteiger partial charge in [0.05, 0.1) is 5.92 Å². The zero-order chi connectivity index (χ0) is 20.6. The summed E-state index contributed by atoms with van der Waals surface area (Å²) < 4.78 is 0. The van der Waals surface area contributed by atoms with Gasteiger partial charge in [-0.15, -0.1) is 0 Å². The Morgan fingerprint density at radius 1 is 0.793 bits per heavy atom. The largest absolute Gasteiger partial charge is 0.326 e. The van der Waals surface area contributed by atoms with E-state index in [0.717, 1.165) is 28.8 Å². The molecule has 0 aliphatic rings. The first kappa shape index (κ1) is 20.6. The van der Waals surface area contributed by atoms with Gasteiger partial charge in [-0.05, 0) is 53.6 Å². The summed E-state index contributed by atoms with van der Waals surface area (Å²) in [7, 11) is 0. The Bertz CT molecular complexity index is 938. The number of anilines is 1. The summed E-state index contributed by atoms with van der Waals surface area (Å²) in [5, 5.41) is 3.02. The molecule has 0 saturated carbocycles. The molecule has 0 radical (unpaired) electrons. The van der Waals surface area contributed by atoms with E-state index in [1.165, 1.54) is 5.56 Å². The molecule has 0 bridgehead atoms. The molecular weight excluding hydrogens is 354 g/mol. The number of nitrogens with one attached hydrogen (secondary N) is 1. The highest BCUT2D eigenvalue weighted by atomic mass is 16.1. The summed E-state index contributed by atoms with van der Waals surface area (Å²) >= 11 is 0. The number of carbonyl (C=O) groups is 1. The summed E-state index contributed by atoms with van der Waals surface area (Å²) in [5.41, 5.74) is 5.43. The Morgan fingerprint density at radius 3 is 1.97 bits per heavy atom. The predicted octanol–water partition coefficient (Wildman–Crippen LogP) is 6.80. The molecular formula is C27H29NO. The first-order valence-corrected chi connectivity index (χ1v) is 10.2. The zero-order valence-electron chi connectivity index (χ0n) is 17.4. The quantitative estimate of drug-likeness (QED) is 0.447. The standard InChI is InChI=1S/C27H29NO/c1-20(2)19-24-11-15-25(16-12-24)21(3)27(29)28-26-17-13-23(14-18-26)10-9-22-7-5-4-6-8-22/h4-18,20-21H,19H2,1-3H3,(H,28,29)/b10-9+. The Balaban J connectivity index is 1.59. The highest BCUT2D eigenvalue weighted by molar-refractivity contribution is 5.95. The van der Waals surface area contributed by atoms with E-state index in [0.29, 0.717) is 5.92 Å². The number of carbonyl (C=O) groups excluding carboxylic acids is 1.